The molecular formula is C25H24N6O3. The van der Waals surface area contributed by atoms with Crippen molar-refractivity contribution in [2.24, 2.45) is 0 Å². The van der Waals surface area contributed by atoms with Crippen LogP contribution in [0.3, 0.4) is 0 Å². The summed E-state index contributed by atoms with van der Waals surface area (Å²) in [5.74, 6) is 3.34. The zero-order valence-electron chi connectivity index (χ0n) is 19.1. The summed E-state index contributed by atoms with van der Waals surface area (Å²) in [6, 6.07) is 11.9. The number of H-pyrrole nitrogens is 1. The SMILES string of the molecule is CCOc1cnc(C)nc1Nc1n[nH]c2cc([C@@H]3C[C@@]34C(=O)Nc3ccc(OC)cc34)ccc12. The van der Waals surface area contributed by atoms with Gasteiger partial charge in [0.1, 0.15) is 11.6 Å². The first kappa shape index (κ1) is 20.5. The summed E-state index contributed by atoms with van der Waals surface area (Å²) in [6.45, 7) is 4.25. The number of aromatic amines is 1. The summed E-state index contributed by atoms with van der Waals surface area (Å²) >= 11 is 0. The highest BCUT2D eigenvalue weighted by Gasteiger charge is 2.65. The van der Waals surface area contributed by atoms with Crippen molar-refractivity contribution >= 4 is 34.1 Å². The van der Waals surface area contributed by atoms with E-state index in [1.165, 1.54) is 0 Å². The van der Waals surface area contributed by atoms with Crippen LogP contribution in [-0.2, 0) is 10.2 Å². The summed E-state index contributed by atoms with van der Waals surface area (Å²) in [6.07, 6.45) is 2.43. The number of nitrogens with one attached hydrogen (secondary N) is 3. The summed E-state index contributed by atoms with van der Waals surface area (Å²) in [4.78, 5) is 21.7. The molecule has 1 aliphatic carbocycles. The summed E-state index contributed by atoms with van der Waals surface area (Å²) < 4.78 is 11.0. The fraction of sp³-hybridized carbons (Fsp3) is 0.280. The van der Waals surface area contributed by atoms with E-state index in [1.54, 1.807) is 13.3 Å². The lowest BCUT2D eigenvalue weighted by atomic mass is 9.91. The maximum atomic E-state index is 13.0. The van der Waals surface area contributed by atoms with E-state index in [1.807, 2.05) is 38.1 Å². The van der Waals surface area contributed by atoms with Gasteiger partial charge < -0.3 is 20.1 Å². The minimum Gasteiger partial charge on any atom is -0.497 e. The molecule has 0 bridgehead atoms. The molecular weight excluding hydrogens is 432 g/mol. The van der Waals surface area contributed by atoms with Crippen LogP contribution in [0.1, 0.15) is 36.2 Å². The lowest BCUT2D eigenvalue weighted by molar-refractivity contribution is -0.118. The fourth-order valence-corrected chi connectivity index (χ4v) is 4.97. The third-order valence-electron chi connectivity index (χ3n) is 6.72. The van der Waals surface area contributed by atoms with Gasteiger partial charge in [-0.05, 0) is 61.7 Å². The first-order valence-corrected chi connectivity index (χ1v) is 11.2. The van der Waals surface area contributed by atoms with Crippen LogP contribution in [0.2, 0.25) is 0 Å². The van der Waals surface area contributed by atoms with Gasteiger partial charge in [-0.3, -0.25) is 9.89 Å². The highest BCUT2D eigenvalue weighted by Crippen LogP contribution is 2.65. The van der Waals surface area contributed by atoms with Crippen LogP contribution in [0.25, 0.3) is 10.9 Å². The van der Waals surface area contributed by atoms with Crippen molar-refractivity contribution in [1.82, 2.24) is 20.2 Å². The van der Waals surface area contributed by atoms with Gasteiger partial charge in [0.05, 0.1) is 30.8 Å². The van der Waals surface area contributed by atoms with Gasteiger partial charge in [0.15, 0.2) is 17.4 Å². The number of aryl methyl sites for hydroxylation is 1. The number of carbonyl (C=O) groups is 1. The Labute approximate surface area is 195 Å². The molecule has 3 N–H and O–H groups in total. The van der Waals surface area contributed by atoms with Gasteiger partial charge >= 0.3 is 0 Å². The molecule has 1 amide bonds. The Morgan fingerprint density at radius 1 is 1.21 bits per heavy atom. The maximum Gasteiger partial charge on any atom is 0.235 e. The third kappa shape index (κ3) is 3.00. The Kier molecular flexibility index (Phi) is 4.48. The zero-order chi connectivity index (χ0) is 23.4. The summed E-state index contributed by atoms with van der Waals surface area (Å²) in [7, 11) is 1.64. The number of benzene rings is 2. The minimum absolute atomic E-state index is 0.0513. The lowest BCUT2D eigenvalue weighted by Crippen LogP contribution is -2.21. The third-order valence-corrected chi connectivity index (χ3v) is 6.72. The number of nitrogens with zero attached hydrogens (tertiary/aromatic N) is 3. The standard InChI is InChI=1S/C25H24N6O3/c1-4-34-21-12-26-13(2)27-23(21)29-22-16-7-5-14(9-20(16)30-31-22)18-11-25(18)17-10-15(33-3)6-8-19(17)28-24(25)32/h5-10,12,18H,4,11H2,1-3H3,(H,28,32)(H2,26,27,29,30,31)/t18-,25-/m0/s1. The molecule has 9 heteroatoms. The van der Waals surface area contributed by atoms with E-state index in [0.29, 0.717) is 29.8 Å². The number of hydrogen-bond donors (Lipinski definition) is 3. The van der Waals surface area contributed by atoms with Crippen LogP contribution in [0.4, 0.5) is 17.3 Å². The van der Waals surface area contributed by atoms with Crippen molar-refractivity contribution < 1.29 is 14.3 Å². The molecule has 1 fully saturated rings. The van der Waals surface area contributed by atoms with E-state index < -0.39 is 5.41 Å². The molecule has 1 spiro atoms. The fourth-order valence-electron chi connectivity index (χ4n) is 4.97. The van der Waals surface area contributed by atoms with Gasteiger partial charge in [-0.2, -0.15) is 5.10 Å². The number of amides is 1. The predicted octanol–water partition coefficient (Wildman–Crippen LogP) is 4.19. The van der Waals surface area contributed by atoms with Crippen LogP contribution in [-0.4, -0.2) is 39.8 Å². The number of hydrogen-bond acceptors (Lipinski definition) is 7. The Morgan fingerprint density at radius 2 is 2.09 bits per heavy atom. The number of methoxy groups -OCH3 is 1. The van der Waals surface area contributed by atoms with Crippen LogP contribution >= 0.6 is 0 Å². The van der Waals surface area contributed by atoms with E-state index in [0.717, 1.165) is 39.9 Å². The number of ether oxygens (including phenoxy) is 2. The van der Waals surface area contributed by atoms with Gasteiger partial charge in [0.25, 0.3) is 0 Å². The van der Waals surface area contributed by atoms with Crippen molar-refractivity contribution in [3.8, 4) is 11.5 Å². The average Bonchev–Trinajstić information content (AvgIpc) is 3.39. The molecule has 0 unspecified atom stereocenters. The second-order valence-electron chi connectivity index (χ2n) is 8.66. The van der Waals surface area contributed by atoms with Crippen molar-refractivity contribution in [2.75, 3.05) is 24.4 Å². The lowest BCUT2D eigenvalue weighted by Gasteiger charge is -2.11. The van der Waals surface area contributed by atoms with Gasteiger partial charge in [-0.25, -0.2) is 9.97 Å². The number of anilines is 3. The van der Waals surface area contributed by atoms with Crippen molar-refractivity contribution in [2.45, 2.75) is 31.6 Å². The molecule has 172 valence electrons. The van der Waals surface area contributed by atoms with Gasteiger partial charge in [0.2, 0.25) is 5.91 Å². The topological polar surface area (TPSA) is 114 Å². The number of carbonyl (C=O) groups excluding carboxylic acids is 1. The predicted molar refractivity (Wildman–Crippen MR) is 128 cm³/mol. The molecule has 2 aliphatic rings. The highest BCUT2D eigenvalue weighted by atomic mass is 16.5. The molecule has 6 rings (SSSR count). The average molecular weight is 457 g/mol. The second kappa shape index (κ2) is 7.44. The van der Waals surface area contributed by atoms with Crippen LogP contribution < -0.4 is 20.1 Å². The Hall–Kier alpha value is -4.14. The first-order valence-electron chi connectivity index (χ1n) is 11.2. The molecule has 0 radical (unpaired) electrons. The molecule has 3 heterocycles. The number of aromatic nitrogens is 4. The van der Waals surface area contributed by atoms with Crippen LogP contribution in [0, 0.1) is 6.92 Å². The second-order valence-corrected chi connectivity index (χ2v) is 8.66. The molecule has 1 saturated carbocycles. The van der Waals surface area contributed by atoms with Crippen molar-refractivity contribution in [1.29, 1.82) is 0 Å². The van der Waals surface area contributed by atoms with Crippen molar-refractivity contribution in [3.63, 3.8) is 0 Å². The smallest absolute Gasteiger partial charge is 0.235 e. The first-order chi connectivity index (χ1) is 16.5. The largest absolute Gasteiger partial charge is 0.497 e. The maximum absolute atomic E-state index is 13.0. The molecule has 9 nitrogen and oxygen atoms in total. The van der Waals surface area contributed by atoms with E-state index in [2.05, 4.69) is 42.9 Å². The van der Waals surface area contributed by atoms with Crippen molar-refractivity contribution in [3.05, 3.63) is 59.5 Å². The van der Waals surface area contributed by atoms with Crippen LogP contribution in [0.5, 0.6) is 11.5 Å². The molecule has 4 aromatic rings. The molecule has 1 aliphatic heterocycles. The van der Waals surface area contributed by atoms with Crippen LogP contribution in [0.15, 0.2) is 42.6 Å². The number of fused-ring (bicyclic) bond motifs is 3. The Morgan fingerprint density at radius 3 is 2.91 bits per heavy atom. The van der Waals surface area contributed by atoms with Gasteiger partial charge in [-0.1, -0.05) is 6.07 Å². The summed E-state index contributed by atoms with van der Waals surface area (Å²) in [5.41, 5.74) is 3.32. The molecule has 2 aromatic carbocycles. The molecule has 2 atom stereocenters. The number of rotatable bonds is 6. The Bertz CT molecular complexity index is 1450. The minimum atomic E-state index is -0.538. The van der Waals surface area contributed by atoms with Gasteiger partial charge in [-0.15, -0.1) is 0 Å². The van der Waals surface area contributed by atoms with E-state index in [4.69, 9.17) is 9.47 Å². The quantitative estimate of drug-likeness (QED) is 0.399. The van der Waals surface area contributed by atoms with E-state index >= 15 is 0 Å². The van der Waals surface area contributed by atoms with E-state index in [9.17, 15) is 4.79 Å². The van der Waals surface area contributed by atoms with Gasteiger partial charge in [0, 0.05) is 17.0 Å². The van der Waals surface area contributed by atoms with E-state index in [-0.39, 0.29) is 11.8 Å². The highest BCUT2D eigenvalue weighted by molar-refractivity contribution is 6.10. The normalized spacial score (nSPS) is 20.3. The zero-order valence-corrected chi connectivity index (χ0v) is 19.1. The molecule has 34 heavy (non-hydrogen) atoms. The summed E-state index contributed by atoms with van der Waals surface area (Å²) in [5, 5.41) is 14.8. The Balaban J connectivity index is 1.32. The monoisotopic (exact) mass is 456 g/mol. The molecule has 0 saturated heterocycles. The molecule has 2 aromatic heterocycles.